The summed E-state index contributed by atoms with van der Waals surface area (Å²) in [5.74, 6) is -1.83. The molecule has 0 spiro atoms. The Morgan fingerprint density at radius 3 is 2.50 bits per heavy atom. The second-order valence-electron chi connectivity index (χ2n) is 4.22. The van der Waals surface area contributed by atoms with Crippen LogP contribution >= 0.6 is 11.8 Å². The van der Waals surface area contributed by atoms with Crippen LogP contribution in [0.1, 0.15) is 24.2 Å². The maximum atomic E-state index is 13.2. The minimum Gasteiger partial charge on any atom is -0.389 e. The summed E-state index contributed by atoms with van der Waals surface area (Å²) < 4.78 is 26.1. The quantitative estimate of drug-likeness (QED) is 0.928. The summed E-state index contributed by atoms with van der Waals surface area (Å²) in [6, 6.07) is 10.5. The third-order valence-electron chi connectivity index (χ3n) is 2.71. The van der Waals surface area contributed by atoms with Gasteiger partial charge in [-0.05, 0) is 42.8 Å². The van der Waals surface area contributed by atoms with Gasteiger partial charge in [0.1, 0.15) is 0 Å². The lowest BCUT2D eigenvalue weighted by Crippen LogP contribution is -1.95. The Bertz CT molecular complexity index is 680. The molecule has 0 bridgehead atoms. The van der Waals surface area contributed by atoms with E-state index in [1.54, 1.807) is 25.1 Å². The van der Waals surface area contributed by atoms with Crippen molar-refractivity contribution < 1.29 is 13.9 Å². The molecule has 0 fully saturated rings. The first-order valence-corrected chi connectivity index (χ1v) is 6.68. The van der Waals surface area contributed by atoms with E-state index < -0.39 is 17.7 Å². The van der Waals surface area contributed by atoms with E-state index in [2.05, 4.69) is 0 Å². The molecule has 0 saturated carbocycles. The second-order valence-corrected chi connectivity index (χ2v) is 5.33. The van der Waals surface area contributed by atoms with E-state index in [-0.39, 0.29) is 0 Å². The van der Waals surface area contributed by atoms with E-state index in [0.717, 1.165) is 12.1 Å². The molecule has 20 heavy (non-hydrogen) atoms. The molecule has 0 aliphatic rings. The lowest BCUT2D eigenvalue weighted by Gasteiger charge is -2.12. The van der Waals surface area contributed by atoms with Crippen LogP contribution in [0.5, 0.6) is 0 Å². The van der Waals surface area contributed by atoms with Crippen LogP contribution < -0.4 is 0 Å². The summed E-state index contributed by atoms with van der Waals surface area (Å²) in [4.78, 5) is 1.14. The number of aliphatic hydroxyl groups is 1. The van der Waals surface area contributed by atoms with E-state index in [4.69, 9.17) is 5.26 Å². The van der Waals surface area contributed by atoms with Gasteiger partial charge in [-0.2, -0.15) is 5.26 Å². The first kappa shape index (κ1) is 14.5. The maximum Gasteiger partial charge on any atom is 0.159 e. The van der Waals surface area contributed by atoms with Gasteiger partial charge in [-0.3, -0.25) is 0 Å². The molecule has 2 aromatic carbocycles. The van der Waals surface area contributed by atoms with Gasteiger partial charge >= 0.3 is 0 Å². The monoisotopic (exact) mass is 291 g/mol. The van der Waals surface area contributed by atoms with Crippen molar-refractivity contribution >= 4 is 11.8 Å². The molecule has 0 amide bonds. The highest BCUT2D eigenvalue weighted by Gasteiger charge is 2.11. The largest absolute Gasteiger partial charge is 0.389 e. The van der Waals surface area contributed by atoms with E-state index >= 15 is 0 Å². The molecule has 1 unspecified atom stereocenters. The molecule has 1 atom stereocenters. The maximum absolute atomic E-state index is 13.2. The van der Waals surface area contributed by atoms with Crippen LogP contribution in [0.4, 0.5) is 8.78 Å². The fourth-order valence-electron chi connectivity index (χ4n) is 1.70. The highest BCUT2D eigenvalue weighted by Crippen LogP contribution is 2.34. The Morgan fingerprint density at radius 2 is 1.90 bits per heavy atom. The Hall–Kier alpha value is -1.90. The van der Waals surface area contributed by atoms with Crippen molar-refractivity contribution in [2.24, 2.45) is 0 Å². The zero-order valence-electron chi connectivity index (χ0n) is 10.6. The van der Waals surface area contributed by atoms with Crippen LogP contribution in [0, 0.1) is 23.0 Å². The Balaban J connectivity index is 2.40. The predicted molar refractivity (Wildman–Crippen MR) is 72.3 cm³/mol. The molecule has 0 aromatic heterocycles. The fraction of sp³-hybridized carbons (Fsp3) is 0.133. The summed E-state index contributed by atoms with van der Waals surface area (Å²) in [5, 5.41) is 18.6. The van der Waals surface area contributed by atoms with E-state index in [9.17, 15) is 13.9 Å². The van der Waals surface area contributed by atoms with Crippen molar-refractivity contribution in [3.8, 4) is 6.07 Å². The smallest absolute Gasteiger partial charge is 0.159 e. The van der Waals surface area contributed by atoms with Crippen LogP contribution in [0.15, 0.2) is 46.2 Å². The lowest BCUT2D eigenvalue weighted by molar-refractivity contribution is 0.196. The Kier molecular flexibility index (Phi) is 4.38. The average Bonchev–Trinajstić information content (AvgIpc) is 2.42. The fourth-order valence-corrected chi connectivity index (χ4v) is 2.80. The van der Waals surface area contributed by atoms with Crippen LogP contribution in [-0.4, -0.2) is 5.11 Å². The number of benzene rings is 2. The average molecular weight is 291 g/mol. The van der Waals surface area contributed by atoms with Crippen molar-refractivity contribution in [2.45, 2.75) is 22.8 Å². The topological polar surface area (TPSA) is 44.0 Å². The molecular weight excluding hydrogens is 280 g/mol. The normalized spacial score (nSPS) is 11.9. The Morgan fingerprint density at radius 1 is 1.15 bits per heavy atom. The van der Waals surface area contributed by atoms with Crippen molar-refractivity contribution in [2.75, 3.05) is 0 Å². The summed E-state index contributed by atoms with van der Waals surface area (Å²) in [6.45, 7) is 1.61. The molecule has 0 radical (unpaired) electrons. The number of rotatable bonds is 3. The second kappa shape index (κ2) is 6.04. The molecule has 0 aliphatic heterocycles. The highest BCUT2D eigenvalue weighted by molar-refractivity contribution is 7.99. The van der Waals surface area contributed by atoms with Crippen molar-refractivity contribution in [3.05, 3.63) is 59.2 Å². The first-order valence-electron chi connectivity index (χ1n) is 5.86. The molecule has 2 rings (SSSR count). The zero-order chi connectivity index (χ0) is 14.7. The molecule has 0 aliphatic carbocycles. The van der Waals surface area contributed by atoms with E-state index in [1.807, 2.05) is 6.07 Å². The number of nitriles is 1. The van der Waals surface area contributed by atoms with Gasteiger partial charge in [0.05, 0.1) is 17.7 Å². The third-order valence-corrected chi connectivity index (χ3v) is 3.77. The van der Waals surface area contributed by atoms with Crippen LogP contribution in [0.25, 0.3) is 0 Å². The van der Waals surface area contributed by atoms with Gasteiger partial charge in [-0.25, -0.2) is 8.78 Å². The molecule has 1 N–H and O–H groups in total. The summed E-state index contributed by atoms with van der Waals surface area (Å²) in [6.07, 6.45) is -0.712. The van der Waals surface area contributed by atoms with Gasteiger partial charge in [0.2, 0.25) is 0 Å². The molecule has 0 saturated heterocycles. The molecule has 5 heteroatoms. The highest BCUT2D eigenvalue weighted by atomic mass is 32.2. The van der Waals surface area contributed by atoms with Crippen molar-refractivity contribution in [1.29, 1.82) is 5.26 Å². The van der Waals surface area contributed by atoms with Crippen LogP contribution in [0.2, 0.25) is 0 Å². The van der Waals surface area contributed by atoms with Gasteiger partial charge in [-0.1, -0.05) is 17.8 Å². The van der Waals surface area contributed by atoms with E-state index in [0.29, 0.717) is 20.9 Å². The third kappa shape index (κ3) is 3.16. The van der Waals surface area contributed by atoms with Crippen LogP contribution in [-0.2, 0) is 0 Å². The number of nitrogens with zero attached hydrogens (tertiary/aromatic N) is 1. The van der Waals surface area contributed by atoms with Gasteiger partial charge in [-0.15, -0.1) is 0 Å². The molecule has 2 aromatic rings. The van der Waals surface area contributed by atoms with Crippen molar-refractivity contribution in [1.82, 2.24) is 0 Å². The van der Waals surface area contributed by atoms with Gasteiger partial charge in [0.15, 0.2) is 11.6 Å². The lowest BCUT2D eigenvalue weighted by atomic mass is 10.1. The minimum atomic E-state index is -0.926. The van der Waals surface area contributed by atoms with Gasteiger partial charge in [0.25, 0.3) is 0 Å². The molecule has 2 nitrogen and oxygen atoms in total. The standard InChI is InChI=1S/C15H11F2NOS/c1-9(19)12-4-2-10(8-18)6-15(12)20-11-3-5-13(16)14(17)7-11/h2-7,9,19H,1H3. The number of halogens is 2. The molecule has 0 heterocycles. The first-order chi connectivity index (χ1) is 9.51. The summed E-state index contributed by atoms with van der Waals surface area (Å²) in [7, 11) is 0. The summed E-state index contributed by atoms with van der Waals surface area (Å²) >= 11 is 1.18. The van der Waals surface area contributed by atoms with Gasteiger partial charge in [0, 0.05) is 9.79 Å². The van der Waals surface area contributed by atoms with E-state index in [1.165, 1.54) is 17.8 Å². The number of hydrogen-bond donors (Lipinski definition) is 1. The number of hydrogen-bond acceptors (Lipinski definition) is 3. The zero-order valence-corrected chi connectivity index (χ0v) is 11.4. The van der Waals surface area contributed by atoms with Gasteiger partial charge < -0.3 is 5.11 Å². The molecule has 102 valence electrons. The SMILES string of the molecule is CC(O)c1ccc(C#N)cc1Sc1ccc(F)c(F)c1. The van der Waals surface area contributed by atoms with Crippen LogP contribution in [0.3, 0.4) is 0 Å². The van der Waals surface area contributed by atoms with Crippen molar-refractivity contribution in [3.63, 3.8) is 0 Å². The Labute approximate surface area is 119 Å². The minimum absolute atomic E-state index is 0.444. The predicted octanol–water partition coefficient (Wildman–Crippen LogP) is 4.04. The summed E-state index contributed by atoms with van der Waals surface area (Å²) in [5.41, 5.74) is 1.08. The number of aliphatic hydroxyl groups excluding tert-OH is 1. The molecular formula is C15H11F2NOS.